The van der Waals surface area contributed by atoms with E-state index in [1.54, 1.807) is 24.3 Å². The van der Waals surface area contributed by atoms with Crippen molar-refractivity contribution in [3.8, 4) is 5.75 Å². The number of fused-ring (bicyclic) bond motifs is 6. The lowest BCUT2D eigenvalue weighted by Gasteiger charge is -2.48. The van der Waals surface area contributed by atoms with Gasteiger partial charge in [0.1, 0.15) is 18.1 Å². The Labute approximate surface area is 257 Å². The molecule has 7 rings (SSSR count). The molecule has 0 bridgehead atoms. The Hall–Kier alpha value is -4.26. The van der Waals surface area contributed by atoms with E-state index < -0.39 is 28.6 Å². The number of esters is 1. The van der Waals surface area contributed by atoms with Gasteiger partial charge >= 0.3 is 5.97 Å². The number of amides is 2. The van der Waals surface area contributed by atoms with E-state index in [-0.39, 0.29) is 30.6 Å². The zero-order chi connectivity index (χ0) is 30.6. The van der Waals surface area contributed by atoms with Crippen LogP contribution in [0.3, 0.4) is 0 Å². The lowest BCUT2D eigenvalue weighted by atomic mass is 9.55. The van der Waals surface area contributed by atoms with Gasteiger partial charge in [0.15, 0.2) is 0 Å². The molecule has 3 aliphatic carbocycles. The molecular formula is C37H37NO6. The molecule has 44 heavy (non-hydrogen) atoms. The molecule has 2 fully saturated rings. The zero-order valence-corrected chi connectivity index (χ0v) is 25.2. The van der Waals surface area contributed by atoms with Gasteiger partial charge in [-0.25, -0.2) is 0 Å². The smallest absolute Gasteiger partial charge is 0.306 e. The molecule has 4 aliphatic rings. The van der Waals surface area contributed by atoms with Gasteiger partial charge in [0.05, 0.1) is 30.1 Å². The van der Waals surface area contributed by atoms with Crippen molar-refractivity contribution in [2.24, 2.45) is 22.7 Å². The van der Waals surface area contributed by atoms with Gasteiger partial charge in [-0.1, -0.05) is 55.5 Å². The molecule has 4 unspecified atom stereocenters. The highest BCUT2D eigenvalue weighted by Crippen LogP contribution is 2.64. The minimum Gasteiger partial charge on any atom is -0.489 e. The van der Waals surface area contributed by atoms with Crippen LogP contribution in [0.15, 0.2) is 72.8 Å². The van der Waals surface area contributed by atoms with Crippen molar-refractivity contribution in [3.05, 3.63) is 101 Å². The molecule has 2 saturated carbocycles. The van der Waals surface area contributed by atoms with E-state index in [1.165, 1.54) is 23.1 Å². The molecule has 0 spiro atoms. The quantitative estimate of drug-likeness (QED) is 0.242. The largest absolute Gasteiger partial charge is 0.489 e. The van der Waals surface area contributed by atoms with Gasteiger partial charge in [-0.3, -0.25) is 24.1 Å². The topological polar surface area (TPSA) is 90.0 Å². The first-order chi connectivity index (χ1) is 21.2. The third-order valence-corrected chi connectivity index (χ3v) is 11.0. The maximum absolute atomic E-state index is 14.6. The van der Waals surface area contributed by atoms with Crippen molar-refractivity contribution in [1.82, 2.24) is 4.90 Å². The number of ether oxygens (including phenoxy) is 2. The van der Waals surface area contributed by atoms with Gasteiger partial charge in [0.25, 0.3) is 11.8 Å². The van der Waals surface area contributed by atoms with Crippen LogP contribution < -0.4 is 4.74 Å². The first kappa shape index (κ1) is 28.5. The van der Waals surface area contributed by atoms with Crippen molar-refractivity contribution in [2.45, 2.75) is 58.0 Å². The number of hydrogen-bond donors (Lipinski definition) is 0. The maximum Gasteiger partial charge on any atom is 0.306 e. The number of methoxy groups -OCH3 is 1. The zero-order valence-electron chi connectivity index (χ0n) is 25.2. The van der Waals surface area contributed by atoms with Gasteiger partial charge in [-0.05, 0) is 90.8 Å². The maximum atomic E-state index is 14.6. The van der Waals surface area contributed by atoms with E-state index in [1.807, 2.05) is 25.1 Å². The second-order valence-electron chi connectivity index (χ2n) is 13.3. The average Bonchev–Trinajstić information content (AvgIpc) is 3.42. The number of nitrogens with zero attached hydrogens (tertiary/aromatic N) is 1. The molecule has 1 aliphatic heterocycles. The molecule has 0 N–H and O–H groups in total. The summed E-state index contributed by atoms with van der Waals surface area (Å²) < 4.78 is 11.2. The fraction of sp³-hybridized carbons (Fsp3) is 0.405. The van der Waals surface area contributed by atoms with Gasteiger partial charge in [0, 0.05) is 12.0 Å². The summed E-state index contributed by atoms with van der Waals surface area (Å²) in [6.45, 7) is 2.46. The minimum absolute atomic E-state index is 0.00846. The van der Waals surface area contributed by atoms with E-state index in [2.05, 4.69) is 30.3 Å². The summed E-state index contributed by atoms with van der Waals surface area (Å²) in [5.74, 6) is 0.159. The van der Waals surface area contributed by atoms with Gasteiger partial charge in [-0.2, -0.15) is 0 Å². The van der Waals surface area contributed by atoms with E-state index in [0.29, 0.717) is 36.5 Å². The van der Waals surface area contributed by atoms with Crippen LogP contribution in [-0.2, 0) is 27.4 Å². The SMILES string of the molecule is COC(=O)CC1(CN2C(=O)c3ccccc3C2=O)CC2C3CCc4cc(OCc5ccccc5)ccc4C3CC[C@]2(C)C1=O. The molecule has 7 nitrogen and oxygen atoms in total. The predicted octanol–water partition coefficient (Wildman–Crippen LogP) is 6.15. The molecule has 5 atom stereocenters. The van der Waals surface area contributed by atoms with Crippen LogP contribution >= 0.6 is 0 Å². The molecule has 7 heteroatoms. The monoisotopic (exact) mass is 591 g/mol. The Morgan fingerprint density at radius 3 is 2.34 bits per heavy atom. The highest BCUT2D eigenvalue weighted by Gasteiger charge is 2.65. The fourth-order valence-electron chi connectivity index (χ4n) is 8.87. The molecule has 3 aromatic carbocycles. The number of hydrogen-bond acceptors (Lipinski definition) is 6. The van der Waals surface area contributed by atoms with Crippen LogP contribution in [0.1, 0.15) is 82.4 Å². The normalized spacial score (nSPS) is 28.6. The molecule has 1 heterocycles. The van der Waals surface area contributed by atoms with E-state index in [0.717, 1.165) is 30.6 Å². The first-order valence-corrected chi connectivity index (χ1v) is 15.6. The average molecular weight is 592 g/mol. The summed E-state index contributed by atoms with van der Waals surface area (Å²) in [7, 11) is 1.32. The molecule has 0 aromatic heterocycles. The Kier molecular flexibility index (Phi) is 6.95. The molecular weight excluding hydrogens is 554 g/mol. The summed E-state index contributed by atoms with van der Waals surface area (Å²) in [5.41, 5.74) is 2.63. The van der Waals surface area contributed by atoms with Gasteiger partial charge in [-0.15, -0.1) is 0 Å². The predicted molar refractivity (Wildman–Crippen MR) is 163 cm³/mol. The van der Waals surface area contributed by atoms with E-state index in [9.17, 15) is 19.2 Å². The molecule has 226 valence electrons. The number of carbonyl (C=O) groups is 4. The summed E-state index contributed by atoms with van der Waals surface area (Å²) in [6, 6.07) is 23.3. The lowest BCUT2D eigenvalue weighted by Crippen LogP contribution is -2.47. The second-order valence-corrected chi connectivity index (χ2v) is 13.3. The number of carbonyl (C=O) groups excluding carboxylic acids is 4. The Morgan fingerprint density at radius 1 is 0.932 bits per heavy atom. The van der Waals surface area contributed by atoms with Crippen LogP contribution in [0.5, 0.6) is 5.75 Å². The third-order valence-electron chi connectivity index (χ3n) is 11.0. The molecule has 3 aromatic rings. The number of imide groups is 1. The van der Waals surface area contributed by atoms with Crippen molar-refractivity contribution < 1.29 is 28.7 Å². The van der Waals surface area contributed by atoms with Crippen molar-refractivity contribution in [2.75, 3.05) is 13.7 Å². The minimum atomic E-state index is -1.18. The molecule has 0 saturated heterocycles. The van der Waals surface area contributed by atoms with Gasteiger partial charge < -0.3 is 9.47 Å². The third kappa shape index (κ3) is 4.47. The van der Waals surface area contributed by atoms with Crippen molar-refractivity contribution in [3.63, 3.8) is 0 Å². The number of benzene rings is 3. The summed E-state index contributed by atoms with van der Waals surface area (Å²) in [6.07, 6.45) is 3.73. The van der Waals surface area contributed by atoms with Crippen LogP contribution in [-0.4, -0.2) is 42.1 Å². The van der Waals surface area contributed by atoms with E-state index >= 15 is 0 Å². The van der Waals surface area contributed by atoms with Crippen LogP contribution in [0.2, 0.25) is 0 Å². The highest BCUT2D eigenvalue weighted by molar-refractivity contribution is 6.21. The van der Waals surface area contributed by atoms with Crippen molar-refractivity contribution >= 4 is 23.6 Å². The second kappa shape index (κ2) is 10.7. The Morgan fingerprint density at radius 2 is 1.64 bits per heavy atom. The Balaban J connectivity index is 1.16. The number of aryl methyl sites for hydroxylation is 1. The van der Waals surface area contributed by atoms with Crippen LogP contribution in [0.4, 0.5) is 0 Å². The van der Waals surface area contributed by atoms with Crippen LogP contribution in [0, 0.1) is 22.7 Å². The number of rotatable bonds is 7. The first-order valence-electron chi connectivity index (χ1n) is 15.6. The van der Waals surface area contributed by atoms with E-state index in [4.69, 9.17) is 9.47 Å². The standard InChI is InChI=1S/C37H37NO6/c1-36-17-16-27-26-15-13-25(44-21-23-8-4-3-5-9-23)18-24(26)12-14-28(27)31(36)19-37(35(36)42,20-32(39)43-2)22-38-33(40)29-10-6-7-11-30(29)34(38)41/h3-11,13,15,18,27-28,31H,12,14,16-17,19-22H2,1-2H3/t27?,28?,31?,36-,37?/m0/s1. The fourth-order valence-corrected chi connectivity index (χ4v) is 8.87. The summed E-state index contributed by atoms with van der Waals surface area (Å²) in [4.78, 5) is 55.4. The van der Waals surface area contributed by atoms with Gasteiger partial charge in [0.2, 0.25) is 0 Å². The molecule has 2 amide bonds. The highest BCUT2D eigenvalue weighted by atomic mass is 16.5. The number of ketones is 1. The summed E-state index contributed by atoms with van der Waals surface area (Å²) in [5, 5.41) is 0. The lowest BCUT2D eigenvalue weighted by molar-refractivity contribution is -0.148. The summed E-state index contributed by atoms with van der Waals surface area (Å²) >= 11 is 0. The molecule has 0 radical (unpaired) electrons. The van der Waals surface area contributed by atoms with Crippen LogP contribution in [0.25, 0.3) is 0 Å². The van der Waals surface area contributed by atoms with Crippen molar-refractivity contribution in [1.29, 1.82) is 0 Å². The Bertz CT molecular complexity index is 1630. The number of Topliss-reactive ketones (excluding diaryl/α,β-unsaturated/α-hetero) is 1.